The van der Waals surface area contributed by atoms with Gasteiger partial charge in [-0.1, -0.05) is 25.1 Å². The zero-order chi connectivity index (χ0) is 19.8. The molecule has 1 saturated heterocycles. The van der Waals surface area contributed by atoms with Crippen LogP contribution in [-0.2, 0) is 4.79 Å². The zero-order valence-electron chi connectivity index (χ0n) is 17.6. The summed E-state index contributed by atoms with van der Waals surface area (Å²) in [6.45, 7) is 5.83. The molecule has 29 heavy (non-hydrogen) atoms. The number of nitrogens with one attached hydrogen (secondary N) is 1. The summed E-state index contributed by atoms with van der Waals surface area (Å²) in [6, 6.07) is 11.6. The fourth-order valence-electron chi connectivity index (χ4n) is 5.42. The Morgan fingerprint density at radius 1 is 1.10 bits per heavy atom. The molecule has 0 radical (unpaired) electrons. The van der Waals surface area contributed by atoms with Crippen LogP contribution in [-0.4, -0.2) is 36.5 Å². The Kier molecular flexibility index (Phi) is 5.66. The van der Waals surface area contributed by atoms with Crippen molar-refractivity contribution in [2.75, 3.05) is 19.6 Å². The lowest BCUT2D eigenvalue weighted by Gasteiger charge is -2.31. The van der Waals surface area contributed by atoms with E-state index in [4.69, 9.17) is 0 Å². The van der Waals surface area contributed by atoms with Crippen LogP contribution in [0.25, 0.3) is 10.1 Å². The van der Waals surface area contributed by atoms with E-state index in [0.717, 1.165) is 24.8 Å². The summed E-state index contributed by atoms with van der Waals surface area (Å²) in [7, 11) is 0. The molecule has 2 heterocycles. The van der Waals surface area contributed by atoms with Gasteiger partial charge in [-0.3, -0.25) is 4.79 Å². The highest BCUT2D eigenvalue weighted by molar-refractivity contribution is 7.19. The first-order valence-corrected chi connectivity index (χ1v) is 12.5. The number of nitrogens with zero attached hydrogens (tertiary/aromatic N) is 1. The summed E-state index contributed by atoms with van der Waals surface area (Å²) < 4.78 is 1.42. The van der Waals surface area contributed by atoms with Crippen molar-refractivity contribution < 1.29 is 4.79 Å². The van der Waals surface area contributed by atoms with Gasteiger partial charge in [-0.2, -0.15) is 0 Å². The van der Waals surface area contributed by atoms with E-state index in [1.807, 2.05) is 11.3 Å². The van der Waals surface area contributed by atoms with Gasteiger partial charge in [-0.15, -0.1) is 11.3 Å². The van der Waals surface area contributed by atoms with Gasteiger partial charge in [0, 0.05) is 28.1 Å². The van der Waals surface area contributed by atoms with Crippen molar-refractivity contribution in [2.24, 2.45) is 17.8 Å². The SMILES string of the molecule is C[C@H]1CC[C@H](NC(=O)[C@@H]2C[C@H]2CN2CCC(c3cc4ccccc4s3)CC2)CC1. The molecule has 0 bridgehead atoms. The second-order valence-corrected chi connectivity index (χ2v) is 10.9. The van der Waals surface area contributed by atoms with Crippen LogP contribution in [0, 0.1) is 17.8 Å². The van der Waals surface area contributed by atoms with Crippen molar-refractivity contribution in [3.05, 3.63) is 35.2 Å². The fourth-order valence-corrected chi connectivity index (χ4v) is 6.65. The summed E-state index contributed by atoms with van der Waals surface area (Å²) in [5, 5.41) is 4.75. The number of carbonyl (C=O) groups excluding carboxylic acids is 1. The van der Waals surface area contributed by atoms with Crippen molar-refractivity contribution in [1.29, 1.82) is 0 Å². The van der Waals surface area contributed by atoms with E-state index in [0.29, 0.717) is 17.9 Å². The largest absolute Gasteiger partial charge is 0.353 e. The van der Waals surface area contributed by atoms with Crippen LogP contribution < -0.4 is 5.32 Å². The van der Waals surface area contributed by atoms with Gasteiger partial charge in [0.2, 0.25) is 5.91 Å². The summed E-state index contributed by atoms with van der Waals surface area (Å²) in [4.78, 5) is 16.8. The summed E-state index contributed by atoms with van der Waals surface area (Å²) >= 11 is 1.98. The van der Waals surface area contributed by atoms with E-state index < -0.39 is 0 Å². The molecule has 1 aromatic heterocycles. The van der Waals surface area contributed by atoms with Gasteiger partial charge in [0.05, 0.1) is 0 Å². The Morgan fingerprint density at radius 2 is 1.86 bits per heavy atom. The van der Waals surface area contributed by atoms with Crippen molar-refractivity contribution >= 4 is 27.3 Å². The standard InChI is InChI=1S/C25H34N2OS/c1-17-6-8-21(9-7-17)26-25(28)22-14-20(22)16-27-12-10-18(11-13-27)24-15-19-4-2-3-5-23(19)29-24/h2-5,15,17-18,20-22H,6-14,16H2,1H3,(H,26,28)/t17-,20-,21-,22+/m0/s1. The first kappa shape index (κ1) is 19.6. The molecule has 3 nitrogen and oxygen atoms in total. The number of likely N-dealkylation sites (tertiary alicyclic amines) is 1. The first-order chi connectivity index (χ1) is 14.2. The first-order valence-electron chi connectivity index (χ1n) is 11.7. The highest BCUT2D eigenvalue weighted by Crippen LogP contribution is 2.41. The molecule has 0 unspecified atom stereocenters. The predicted octanol–water partition coefficient (Wildman–Crippen LogP) is 5.41. The van der Waals surface area contributed by atoms with Gasteiger partial charge < -0.3 is 10.2 Å². The third-order valence-electron chi connectivity index (χ3n) is 7.55. The van der Waals surface area contributed by atoms with Crippen LogP contribution in [0.5, 0.6) is 0 Å². The van der Waals surface area contributed by atoms with E-state index in [-0.39, 0.29) is 5.92 Å². The maximum absolute atomic E-state index is 12.6. The van der Waals surface area contributed by atoms with Crippen molar-refractivity contribution in [1.82, 2.24) is 10.2 Å². The van der Waals surface area contributed by atoms with Gasteiger partial charge in [0.15, 0.2) is 0 Å². The maximum Gasteiger partial charge on any atom is 0.223 e. The summed E-state index contributed by atoms with van der Waals surface area (Å²) in [5.41, 5.74) is 0. The molecular weight excluding hydrogens is 376 g/mol. The van der Waals surface area contributed by atoms with E-state index in [9.17, 15) is 4.79 Å². The Balaban J connectivity index is 1.06. The quantitative estimate of drug-likeness (QED) is 0.715. The highest BCUT2D eigenvalue weighted by Gasteiger charge is 2.44. The van der Waals surface area contributed by atoms with Crippen molar-refractivity contribution in [2.45, 2.75) is 63.8 Å². The third-order valence-corrected chi connectivity index (χ3v) is 8.83. The molecule has 1 amide bonds. The number of piperidine rings is 1. The van der Waals surface area contributed by atoms with Crippen LogP contribution in [0.4, 0.5) is 0 Å². The molecule has 5 rings (SSSR count). The predicted molar refractivity (Wildman–Crippen MR) is 121 cm³/mol. The topological polar surface area (TPSA) is 32.3 Å². The molecule has 3 aliphatic rings. The number of hydrogen-bond acceptors (Lipinski definition) is 3. The van der Waals surface area contributed by atoms with Gasteiger partial charge >= 0.3 is 0 Å². The van der Waals surface area contributed by atoms with Crippen molar-refractivity contribution in [3.8, 4) is 0 Å². The molecule has 2 atom stereocenters. The Bertz CT molecular complexity index is 812. The molecule has 2 aliphatic carbocycles. The Morgan fingerprint density at radius 3 is 2.62 bits per heavy atom. The average Bonchev–Trinajstić information content (AvgIpc) is 3.37. The molecule has 156 valence electrons. The van der Waals surface area contributed by atoms with Crippen LogP contribution in [0.3, 0.4) is 0 Å². The lowest BCUT2D eigenvalue weighted by atomic mass is 9.87. The monoisotopic (exact) mass is 410 g/mol. The molecule has 1 aliphatic heterocycles. The normalized spacial score (nSPS) is 31.1. The van der Waals surface area contributed by atoms with Crippen molar-refractivity contribution in [3.63, 3.8) is 0 Å². The van der Waals surface area contributed by atoms with E-state index in [2.05, 4.69) is 47.5 Å². The lowest BCUT2D eigenvalue weighted by Crippen LogP contribution is -2.39. The van der Waals surface area contributed by atoms with Crippen LogP contribution in [0.15, 0.2) is 30.3 Å². The molecular formula is C25H34N2OS. The summed E-state index contributed by atoms with van der Waals surface area (Å²) in [5.74, 6) is 2.78. The van der Waals surface area contributed by atoms with Crippen LogP contribution in [0.2, 0.25) is 0 Å². The Labute approximate surface area is 178 Å². The molecule has 0 spiro atoms. The number of fused-ring (bicyclic) bond motifs is 1. The Hall–Kier alpha value is -1.39. The van der Waals surface area contributed by atoms with E-state index in [1.54, 1.807) is 4.88 Å². The minimum absolute atomic E-state index is 0.287. The molecule has 1 N–H and O–H groups in total. The second-order valence-electron chi connectivity index (χ2n) is 9.83. The third kappa shape index (κ3) is 4.54. The molecule has 3 fully saturated rings. The van der Waals surface area contributed by atoms with E-state index in [1.165, 1.54) is 61.7 Å². The van der Waals surface area contributed by atoms with Crippen LogP contribution >= 0.6 is 11.3 Å². The number of hydrogen-bond donors (Lipinski definition) is 1. The van der Waals surface area contributed by atoms with Gasteiger partial charge in [-0.05, 0) is 93.3 Å². The number of carbonyl (C=O) groups is 1. The minimum atomic E-state index is 0.287. The maximum atomic E-state index is 12.6. The number of rotatable bonds is 5. The highest BCUT2D eigenvalue weighted by atomic mass is 32.1. The number of thiophene rings is 1. The number of amides is 1. The second kappa shape index (κ2) is 8.39. The minimum Gasteiger partial charge on any atom is -0.353 e. The van der Waals surface area contributed by atoms with Crippen LogP contribution in [0.1, 0.15) is 62.7 Å². The van der Waals surface area contributed by atoms with Gasteiger partial charge in [0.1, 0.15) is 0 Å². The molecule has 1 aromatic carbocycles. The molecule has 4 heteroatoms. The molecule has 2 saturated carbocycles. The molecule has 2 aromatic rings. The average molecular weight is 411 g/mol. The smallest absolute Gasteiger partial charge is 0.223 e. The summed E-state index contributed by atoms with van der Waals surface area (Å²) in [6.07, 6.45) is 8.52. The number of benzene rings is 1. The zero-order valence-corrected chi connectivity index (χ0v) is 18.4. The van der Waals surface area contributed by atoms with E-state index >= 15 is 0 Å². The lowest BCUT2D eigenvalue weighted by molar-refractivity contribution is -0.123. The van der Waals surface area contributed by atoms with Gasteiger partial charge in [-0.25, -0.2) is 0 Å². The fraction of sp³-hybridized carbons (Fsp3) is 0.640. The van der Waals surface area contributed by atoms with Gasteiger partial charge in [0.25, 0.3) is 0 Å².